The van der Waals surface area contributed by atoms with Crippen LogP contribution in [0.2, 0.25) is 0 Å². The molecule has 1 amide bonds. The van der Waals surface area contributed by atoms with Crippen molar-refractivity contribution in [1.82, 2.24) is 0 Å². The normalized spacial score (nSPS) is 10.7. The van der Waals surface area contributed by atoms with E-state index in [4.69, 9.17) is 0 Å². The third-order valence-electron chi connectivity index (χ3n) is 3.24. The number of aryl methyl sites for hydroxylation is 1. The fourth-order valence-corrected chi connectivity index (χ4v) is 2.16. The van der Waals surface area contributed by atoms with E-state index in [9.17, 15) is 9.18 Å². The number of nitrogens with zero attached hydrogens (tertiary/aromatic N) is 1. The van der Waals surface area contributed by atoms with Crippen molar-refractivity contribution in [2.45, 2.75) is 6.92 Å². The molecule has 114 valence electrons. The molecule has 2 aromatic rings. The molecule has 0 aliphatic heterocycles. The standard InChI is InChI=1S/C18H19FN2O/c1-13-12-16(9-10-17(13)21(2)3)20-18(22)11-6-14-4-7-15(19)8-5-14/h4-12H,1-3H3,(H,20,22)/b11-6+. The Labute approximate surface area is 130 Å². The van der Waals surface area contributed by atoms with Gasteiger partial charge in [0, 0.05) is 31.5 Å². The van der Waals surface area contributed by atoms with Crippen molar-refractivity contribution in [3.05, 3.63) is 65.5 Å². The van der Waals surface area contributed by atoms with E-state index in [0.717, 1.165) is 22.5 Å². The smallest absolute Gasteiger partial charge is 0.248 e. The van der Waals surface area contributed by atoms with Gasteiger partial charge in [0.05, 0.1) is 0 Å². The van der Waals surface area contributed by atoms with E-state index in [2.05, 4.69) is 5.32 Å². The Morgan fingerprint density at radius 3 is 2.41 bits per heavy atom. The van der Waals surface area contributed by atoms with Gasteiger partial charge in [-0.1, -0.05) is 12.1 Å². The zero-order valence-corrected chi connectivity index (χ0v) is 12.9. The molecule has 1 N–H and O–H groups in total. The summed E-state index contributed by atoms with van der Waals surface area (Å²) in [5.41, 5.74) is 3.72. The van der Waals surface area contributed by atoms with Crippen LogP contribution in [0.1, 0.15) is 11.1 Å². The molecule has 2 aromatic carbocycles. The van der Waals surface area contributed by atoms with Gasteiger partial charge in [-0.15, -0.1) is 0 Å². The summed E-state index contributed by atoms with van der Waals surface area (Å²) in [5.74, 6) is -0.514. The van der Waals surface area contributed by atoms with Gasteiger partial charge in [0.1, 0.15) is 5.82 Å². The number of carbonyl (C=O) groups excluding carboxylic acids is 1. The fraction of sp³-hybridized carbons (Fsp3) is 0.167. The van der Waals surface area contributed by atoms with Gasteiger partial charge < -0.3 is 10.2 Å². The summed E-state index contributed by atoms with van der Waals surface area (Å²) in [6.45, 7) is 2.00. The highest BCUT2D eigenvalue weighted by atomic mass is 19.1. The number of hydrogen-bond donors (Lipinski definition) is 1. The van der Waals surface area contributed by atoms with Crippen LogP contribution in [-0.4, -0.2) is 20.0 Å². The molecule has 0 atom stereocenters. The molecule has 0 bridgehead atoms. The number of hydrogen-bond acceptors (Lipinski definition) is 2. The Hall–Kier alpha value is -2.62. The van der Waals surface area contributed by atoms with Gasteiger partial charge in [-0.05, 0) is 54.5 Å². The molecule has 0 aromatic heterocycles. The highest BCUT2D eigenvalue weighted by molar-refractivity contribution is 6.02. The van der Waals surface area contributed by atoms with Crippen LogP contribution in [0.3, 0.4) is 0 Å². The quantitative estimate of drug-likeness (QED) is 0.870. The molecular weight excluding hydrogens is 279 g/mol. The first-order valence-corrected chi connectivity index (χ1v) is 6.98. The Morgan fingerprint density at radius 2 is 1.82 bits per heavy atom. The molecule has 0 spiro atoms. The van der Waals surface area contributed by atoms with Crippen molar-refractivity contribution < 1.29 is 9.18 Å². The van der Waals surface area contributed by atoms with Gasteiger partial charge in [-0.2, -0.15) is 0 Å². The van der Waals surface area contributed by atoms with E-state index in [1.807, 2.05) is 44.1 Å². The SMILES string of the molecule is Cc1cc(NC(=O)/C=C/c2ccc(F)cc2)ccc1N(C)C. The Kier molecular flexibility index (Phi) is 4.94. The van der Waals surface area contributed by atoms with E-state index in [1.54, 1.807) is 18.2 Å². The minimum Gasteiger partial charge on any atom is -0.377 e. The second-order valence-corrected chi connectivity index (χ2v) is 5.27. The largest absolute Gasteiger partial charge is 0.377 e. The van der Waals surface area contributed by atoms with E-state index < -0.39 is 0 Å². The molecule has 0 saturated carbocycles. The van der Waals surface area contributed by atoms with Crippen molar-refractivity contribution in [2.75, 3.05) is 24.3 Å². The van der Waals surface area contributed by atoms with Crippen LogP contribution < -0.4 is 10.2 Å². The maximum absolute atomic E-state index is 12.8. The number of benzene rings is 2. The molecular formula is C18H19FN2O. The molecule has 4 heteroatoms. The molecule has 3 nitrogen and oxygen atoms in total. The minimum absolute atomic E-state index is 0.221. The molecule has 2 rings (SSSR count). The van der Waals surface area contributed by atoms with Crippen LogP contribution in [-0.2, 0) is 4.79 Å². The number of rotatable bonds is 4. The summed E-state index contributed by atoms with van der Waals surface area (Å²) in [7, 11) is 3.96. The first-order chi connectivity index (χ1) is 10.5. The van der Waals surface area contributed by atoms with Crippen LogP contribution in [0.25, 0.3) is 6.08 Å². The van der Waals surface area contributed by atoms with Crippen LogP contribution in [0.5, 0.6) is 0 Å². The van der Waals surface area contributed by atoms with Gasteiger partial charge in [0.2, 0.25) is 5.91 Å². The average Bonchev–Trinajstić information content (AvgIpc) is 2.46. The molecule has 0 unspecified atom stereocenters. The first kappa shape index (κ1) is 15.8. The van der Waals surface area contributed by atoms with Crippen LogP contribution in [0, 0.1) is 12.7 Å². The van der Waals surface area contributed by atoms with E-state index in [-0.39, 0.29) is 11.7 Å². The van der Waals surface area contributed by atoms with Crippen molar-refractivity contribution in [1.29, 1.82) is 0 Å². The lowest BCUT2D eigenvalue weighted by Gasteiger charge is -2.16. The maximum Gasteiger partial charge on any atom is 0.248 e. The highest BCUT2D eigenvalue weighted by Gasteiger charge is 2.03. The molecule has 0 aliphatic rings. The number of amides is 1. The summed E-state index contributed by atoms with van der Waals surface area (Å²) in [6, 6.07) is 11.7. The molecule has 0 aliphatic carbocycles. The Bertz CT molecular complexity index is 691. The zero-order valence-electron chi connectivity index (χ0n) is 12.9. The predicted octanol–water partition coefficient (Wildman–Crippen LogP) is 3.85. The third kappa shape index (κ3) is 4.19. The third-order valence-corrected chi connectivity index (χ3v) is 3.24. The van der Waals surface area contributed by atoms with Gasteiger partial charge in [0.15, 0.2) is 0 Å². The first-order valence-electron chi connectivity index (χ1n) is 6.98. The fourth-order valence-electron chi connectivity index (χ4n) is 2.16. The summed E-state index contributed by atoms with van der Waals surface area (Å²) in [5, 5.41) is 2.81. The van der Waals surface area contributed by atoms with E-state index in [1.165, 1.54) is 18.2 Å². The molecule has 0 radical (unpaired) electrons. The summed E-state index contributed by atoms with van der Waals surface area (Å²) in [6.07, 6.45) is 3.08. The number of nitrogens with one attached hydrogen (secondary N) is 1. The van der Waals surface area contributed by atoms with Gasteiger partial charge in [-0.25, -0.2) is 4.39 Å². The second-order valence-electron chi connectivity index (χ2n) is 5.27. The van der Waals surface area contributed by atoms with E-state index >= 15 is 0 Å². The van der Waals surface area contributed by atoms with Crippen molar-refractivity contribution in [2.24, 2.45) is 0 Å². The van der Waals surface area contributed by atoms with Crippen LogP contribution in [0.15, 0.2) is 48.5 Å². The lowest BCUT2D eigenvalue weighted by molar-refractivity contribution is -0.111. The van der Waals surface area contributed by atoms with Crippen molar-refractivity contribution >= 4 is 23.4 Å². The number of carbonyl (C=O) groups is 1. The lowest BCUT2D eigenvalue weighted by Crippen LogP contribution is -2.11. The average molecular weight is 298 g/mol. The minimum atomic E-state index is -0.293. The summed E-state index contributed by atoms with van der Waals surface area (Å²) < 4.78 is 12.8. The lowest BCUT2D eigenvalue weighted by atomic mass is 10.1. The summed E-state index contributed by atoms with van der Waals surface area (Å²) >= 11 is 0. The molecule has 0 saturated heterocycles. The maximum atomic E-state index is 12.8. The number of halogens is 1. The monoisotopic (exact) mass is 298 g/mol. The van der Waals surface area contributed by atoms with Gasteiger partial charge >= 0.3 is 0 Å². The Balaban J connectivity index is 2.03. The molecule has 0 heterocycles. The molecule has 0 fully saturated rings. The highest BCUT2D eigenvalue weighted by Crippen LogP contribution is 2.21. The second kappa shape index (κ2) is 6.89. The summed E-state index contributed by atoms with van der Waals surface area (Å²) in [4.78, 5) is 13.9. The van der Waals surface area contributed by atoms with Crippen LogP contribution in [0.4, 0.5) is 15.8 Å². The topological polar surface area (TPSA) is 32.3 Å². The predicted molar refractivity (Wildman–Crippen MR) is 89.6 cm³/mol. The van der Waals surface area contributed by atoms with Gasteiger partial charge in [0.25, 0.3) is 0 Å². The van der Waals surface area contributed by atoms with Crippen molar-refractivity contribution in [3.8, 4) is 0 Å². The zero-order chi connectivity index (χ0) is 16.1. The van der Waals surface area contributed by atoms with E-state index in [0.29, 0.717) is 0 Å². The number of anilines is 2. The van der Waals surface area contributed by atoms with Gasteiger partial charge in [-0.3, -0.25) is 4.79 Å². The molecule has 22 heavy (non-hydrogen) atoms. The van der Waals surface area contributed by atoms with Crippen molar-refractivity contribution in [3.63, 3.8) is 0 Å². The Morgan fingerprint density at radius 1 is 1.14 bits per heavy atom. The van der Waals surface area contributed by atoms with Crippen LogP contribution >= 0.6 is 0 Å².